The second kappa shape index (κ2) is 8.08. The summed E-state index contributed by atoms with van der Waals surface area (Å²) in [5.74, 6) is -0.444. The molecule has 8 heteroatoms. The Labute approximate surface area is 166 Å². The normalized spacial score (nSPS) is 11.7. The van der Waals surface area contributed by atoms with E-state index in [4.69, 9.17) is 23.2 Å². The summed E-state index contributed by atoms with van der Waals surface area (Å²) in [6.07, 6.45) is 1.57. The van der Waals surface area contributed by atoms with Crippen LogP contribution in [0.15, 0.2) is 76.6 Å². The van der Waals surface area contributed by atoms with E-state index < -0.39 is 15.8 Å². The number of anilines is 1. The molecule has 0 saturated heterocycles. The number of hydrogen-bond acceptors (Lipinski definition) is 3. The molecule has 0 aliphatic carbocycles. The minimum atomic E-state index is -3.78. The van der Waals surface area contributed by atoms with Gasteiger partial charge in [0.25, 0.3) is 10.0 Å². The summed E-state index contributed by atoms with van der Waals surface area (Å²) in [5, 5.41) is 0.995. The Morgan fingerprint density at radius 2 is 1.59 bits per heavy atom. The average Bonchev–Trinajstić information content (AvgIpc) is 2.63. The van der Waals surface area contributed by atoms with E-state index in [1.54, 1.807) is 36.5 Å². The molecule has 0 heterocycles. The third-order valence-electron chi connectivity index (χ3n) is 3.56. The van der Waals surface area contributed by atoms with E-state index in [1.807, 2.05) is 0 Å². The van der Waals surface area contributed by atoms with E-state index in [9.17, 15) is 12.8 Å². The van der Waals surface area contributed by atoms with Gasteiger partial charge >= 0.3 is 0 Å². The van der Waals surface area contributed by atoms with Crippen molar-refractivity contribution in [2.75, 3.05) is 4.72 Å². The first-order chi connectivity index (χ1) is 12.8. The largest absolute Gasteiger partial charge is 0.280 e. The van der Waals surface area contributed by atoms with Crippen molar-refractivity contribution < 1.29 is 12.8 Å². The second-order valence-electron chi connectivity index (χ2n) is 5.53. The molecule has 3 rings (SSSR count). The molecule has 138 valence electrons. The van der Waals surface area contributed by atoms with Crippen LogP contribution >= 0.6 is 23.2 Å². The Balaban J connectivity index is 1.76. The van der Waals surface area contributed by atoms with Crippen LogP contribution in [0.5, 0.6) is 0 Å². The number of rotatable bonds is 5. The molecular weight excluding hydrogens is 410 g/mol. The Bertz CT molecular complexity index is 1080. The zero-order chi connectivity index (χ0) is 19.4. The van der Waals surface area contributed by atoms with E-state index >= 15 is 0 Å². The maximum Gasteiger partial charge on any atom is 0.261 e. The number of sulfonamides is 1. The van der Waals surface area contributed by atoms with E-state index in [1.165, 1.54) is 36.4 Å². The Hall–Kier alpha value is -2.41. The first-order valence-corrected chi connectivity index (χ1v) is 9.95. The number of nitrogens with one attached hydrogen (secondary N) is 1. The molecule has 0 aliphatic rings. The van der Waals surface area contributed by atoms with Crippen LogP contribution in [-0.2, 0) is 10.0 Å². The van der Waals surface area contributed by atoms with Crippen molar-refractivity contribution in [1.29, 1.82) is 0 Å². The fourth-order valence-corrected chi connectivity index (χ4v) is 3.71. The van der Waals surface area contributed by atoms with E-state index in [0.29, 0.717) is 21.3 Å². The molecular formula is C19H13Cl2FN2O2S. The zero-order valence-electron chi connectivity index (χ0n) is 13.7. The highest BCUT2D eigenvalue weighted by atomic mass is 35.5. The van der Waals surface area contributed by atoms with Gasteiger partial charge in [-0.15, -0.1) is 0 Å². The highest BCUT2D eigenvalue weighted by Crippen LogP contribution is 2.22. The lowest BCUT2D eigenvalue weighted by Crippen LogP contribution is -2.12. The summed E-state index contributed by atoms with van der Waals surface area (Å²) in [6.45, 7) is 0. The van der Waals surface area contributed by atoms with Gasteiger partial charge in [0.05, 0.1) is 15.6 Å². The van der Waals surface area contributed by atoms with Crippen LogP contribution in [0, 0.1) is 5.82 Å². The summed E-state index contributed by atoms with van der Waals surface area (Å²) in [7, 11) is -3.78. The Kier molecular flexibility index (Phi) is 5.79. The van der Waals surface area contributed by atoms with Gasteiger partial charge in [0, 0.05) is 22.5 Å². The molecule has 1 N–H and O–H groups in total. The van der Waals surface area contributed by atoms with Crippen molar-refractivity contribution in [2.24, 2.45) is 4.99 Å². The van der Waals surface area contributed by atoms with Gasteiger partial charge in [-0.05, 0) is 60.7 Å². The minimum Gasteiger partial charge on any atom is -0.280 e. The summed E-state index contributed by atoms with van der Waals surface area (Å²) in [6, 6.07) is 16.1. The van der Waals surface area contributed by atoms with E-state index in [2.05, 4.69) is 9.71 Å². The summed E-state index contributed by atoms with van der Waals surface area (Å²) >= 11 is 11.9. The quantitative estimate of drug-likeness (QED) is 0.537. The number of halogens is 3. The van der Waals surface area contributed by atoms with Crippen molar-refractivity contribution in [3.63, 3.8) is 0 Å². The average molecular weight is 423 g/mol. The van der Waals surface area contributed by atoms with Gasteiger partial charge in [0.15, 0.2) is 0 Å². The highest BCUT2D eigenvalue weighted by molar-refractivity contribution is 7.92. The van der Waals surface area contributed by atoms with Gasteiger partial charge in [-0.3, -0.25) is 9.71 Å². The second-order valence-corrected chi connectivity index (χ2v) is 8.06. The molecule has 0 unspecified atom stereocenters. The number of aliphatic imine (C=N–C) groups is 1. The lowest BCUT2D eigenvalue weighted by Gasteiger charge is -2.08. The van der Waals surface area contributed by atoms with E-state index in [0.717, 1.165) is 0 Å². The molecule has 0 bridgehead atoms. The predicted molar refractivity (Wildman–Crippen MR) is 107 cm³/mol. The SMILES string of the molecule is O=S(=O)(Nc1ccc(F)cc1)c1ccc(N=Cc2ccc(Cl)cc2Cl)cc1. The van der Waals surface area contributed by atoms with Crippen LogP contribution < -0.4 is 4.72 Å². The lowest BCUT2D eigenvalue weighted by molar-refractivity contribution is 0.601. The van der Waals surface area contributed by atoms with Crippen molar-refractivity contribution in [3.8, 4) is 0 Å². The molecule has 27 heavy (non-hydrogen) atoms. The molecule has 0 saturated carbocycles. The van der Waals surface area contributed by atoms with Crippen molar-refractivity contribution in [3.05, 3.63) is 88.2 Å². The lowest BCUT2D eigenvalue weighted by atomic mass is 10.2. The van der Waals surface area contributed by atoms with Gasteiger partial charge in [-0.2, -0.15) is 0 Å². The standard InChI is InChI=1S/C19H13Cl2FN2O2S/c20-14-2-1-13(19(21)11-14)12-23-16-7-9-18(10-8-16)27(25,26)24-17-5-3-15(22)4-6-17/h1-12,24H. The van der Waals surface area contributed by atoms with E-state index in [-0.39, 0.29) is 10.6 Å². The first-order valence-electron chi connectivity index (χ1n) is 7.71. The summed E-state index contributed by atoms with van der Waals surface area (Å²) in [5.41, 5.74) is 1.52. The summed E-state index contributed by atoms with van der Waals surface area (Å²) in [4.78, 5) is 4.34. The molecule has 0 atom stereocenters. The molecule has 0 spiro atoms. The third kappa shape index (κ3) is 5.07. The zero-order valence-corrected chi connectivity index (χ0v) is 16.1. The van der Waals surface area contributed by atoms with Gasteiger partial charge in [-0.25, -0.2) is 12.8 Å². The third-order valence-corrected chi connectivity index (χ3v) is 5.52. The molecule has 3 aromatic carbocycles. The fourth-order valence-electron chi connectivity index (χ4n) is 2.19. The molecule has 0 fully saturated rings. The molecule has 0 aliphatic heterocycles. The van der Waals surface area contributed by atoms with Crippen LogP contribution in [0.25, 0.3) is 0 Å². The number of benzene rings is 3. The number of nitrogens with zero attached hydrogens (tertiary/aromatic N) is 1. The molecule has 0 radical (unpaired) electrons. The molecule has 0 aromatic heterocycles. The van der Waals surface area contributed by atoms with Gasteiger partial charge < -0.3 is 0 Å². The molecule has 4 nitrogen and oxygen atoms in total. The Morgan fingerprint density at radius 1 is 0.926 bits per heavy atom. The maximum atomic E-state index is 12.9. The maximum absolute atomic E-state index is 12.9. The fraction of sp³-hybridized carbons (Fsp3) is 0. The van der Waals surface area contributed by atoms with Crippen LogP contribution in [-0.4, -0.2) is 14.6 Å². The van der Waals surface area contributed by atoms with Crippen molar-refractivity contribution in [1.82, 2.24) is 0 Å². The monoisotopic (exact) mass is 422 g/mol. The van der Waals surface area contributed by atoms with Crippen molar-refractivity contribution >= 4 is 50.8 Å². The van der Waals surface area contributed by atoms with Crippen LogP contribution in [0.4, 0.5) is 15.8 Å². The minimum absolute atomic E-state index is 0.0651. The van der Waals surface area contributed by atoms with Crippen LogP contribution in [0.2, 0.25) is 10.0 Å². The molecule has 3 aromatic rings. The summed E-state index contributed by atoms with van der Waals surface area (Å²) < 4.78 is 40.1. The van der Waals surface area contributed by atoms with Crippen molar-refractivity contribution in [2.45, 2.75) is 4.90 Å². The Morgan fingerprint density at radius 3 is 2.22 bits per heavy atom. The van der Waals surface area contributed by atoms with Crippen LogP contribution in [0.3, 0.4) is 0 Å². The topological polar surface area (TPSA) is 58.5 Å². The van der Waals surface area contributed by atoms with Gasteiger partial charge in [0.2, 0.25) is 0 Å². The van der Waals surface area contributed by atoms with Gasteiger partial charge in [-0.1, -0.05) is 29.3 Å². The van der Waals surface area contributed by atoms with Gasteiger partial charge in [0.1, 0.15) is 5.82 Å². The first kappa shape index (κ1) is 19.4. The smallest absolute Gasteiger partial charge is 0.261 e. The highest BCUT2D eigenvalue weighted by Gasteiger charge is 2.14. The molecule has 0 amide bonds. The van der Waals surface area contributed by atoms with Crippen LogP contribution in [0.1, 0.15) is 5.56 Å². The number of hydrogen-bond donors (Lipinski definition) is 1. The predicted octanol–water partition coefficient (Wildman–Crippen LogP) is 5.68.